The minimum absolute atomic E-state index is 0.000428. The predicted octanol–water partition coefficient (Wildman–Crippen LogP) is 0.509. The number of nitrogens with one attached hydrogen (secondary N) is 1. The van der Waals surface area contributed by atoms with Crippen LogP contribution < -0.4 is 16.8 Å². The van der Waals surface area contributed by atoms with Crippen LogP contribution in [-0.4, -0.2) is 54.1 Å². The fraction of sp³-hybridized carbons (Fsp3) is 0.583. The number of carbonyl (C=O) groups is 1. The fourth-order valence-electron chi connectivity index (χ4n) is 1.87. The van der Waals surface area contributed by atoms with Gasteiger partial charge in [0.05, 0.1) is 27.7 Å². The van der Waals surface area contributed by atoms with E-state index in [4.69, 9.17) is 23.1 Å². The molecular formula is C12H22ClN6O+. The van der Waals surface area contributed by atoms with E-state index in [1.807, 2.05) is 0 Å². The van der Waals surface area contributed by atoms with Gasteiger partial charge in [-0.15, -0.1) is 0 Å². The average Bonchev–Trinajstić information content (AvgIpc) is 2.32. The SMILES string of the molecule is CC[C@@H](CNC(=O)c1nc(Cl)c(N)nc1N)[N+](C)(C)C. The molecule has 0 radical (unpaired) electrons. The highest BCUT2D eigenvalue weighted by atomic mass is 35.5. The third-order valence-corrected chi connectivity index (χ3v) is 3.46. The van der Waals surface area contributed by atoms with Crippen LogP contribution in [0.5, 0.6) is 0 Å². The van der Waals surface area contributed by atoms with Crippen LogP contribution in [-0.2, 0) is 0 Å². The van der Waals surface area contributed by atoms with E-state index in [1.54, 1.807) is 0 Å². The second-order valence-electron chi connectivity index (χ2n) is 5.52. The molecule has 0 spiro atoms. The first-order chi connectivity index (χ1) is 9.16. The summed E-state index contributed by atoms with van der Waals surface area (Å²) in [5.74, 6) is -0.412. The summed E-state index contributed by atoms with van der Waals surface area (Å²) in [5, 5.41) is 2.78. The summed E-state index contributed by atoms with van der Waals surface area (Å²) in [6, 6.07) is 0.289. The number of hydrogen-bond acceptors (Lipinski definition) is 5. The van der Waals surface area contributed by atoms with Crippen molar-refractivity contribution < 1.29 is 9.28 Å². The van der Waals surface area contributed by atoms with Crippen LogP contribution >= 0.6 is 11.6 Å². The zero-order chi connectivity index (χ0) is 15.5. The first-order valence-corrected chi connectivity index (χ1v) is 6.72. The van der Waals surface area contributed by atoms with E-state index in [0.717, 1.165) is 10.9 Å². The van der Waals surface area contributed by atoms with E-state index in [9.17, 15) is 4.79 Å². The minimum atomic E-state index is -0.399. The summed E-state index contributed by atoms with van der Waals surface area (Å²) < 4.78 is 0.750. The van der Waals surface area contributed by atoms with Gasteiger partial charge in [-0.25, -0.2) is 9.97 Å². The number of amides is 1. The highest BCUT2D eigenvalue weighted by Crippen LogP contribution is 2.17. The molecule has 0 aliphatic heterocycles. The molecule has 5 N–H and O–H groups in total. The molecule has 1 rings (SSSR count). The van der Waals surface area contributed by atoms with E-state index >= 15 is 0 Å². The van der Waals surface area contributed by atoms with Crippen LogP contribution in [0.1, 0.15) is 23.8 Å². The van der Waals surface area contributed by atoms with Crippen LogP contribution in [0.2, 0.25) is 5.15 Å². The Morgan fingerprint density at radius 1 is 1.30 bits per heavy atom. The predicted molar refractivity (Wildman–Crippen MR) is 80.3 cm³/mol. The van der Waals surface area contributed by atoms with Crippen molar-refractivity contribution in [2.45, 2.75) is 19.4 Å². The fourth-order valence-corrected chi connectivity index (χ4v) is 2.00. The molecule has 1 heterocycles. The number of nitrogens with two attached hydrogens (primary N) is 2. The van der Waals surface area contributed by atoms with Gasteiger partial charge in [-0.05, 0) is 6.42 Å². The minimum Gasteiger partial charge on any atom is -0.382 e. The average molecular weight is 302 g/mol. The molecule has 0 aromatic carbocycles. The Hall–Kier alpha value is -1.60. The Morgan fingerprint density at radius 2 is 1.90 bits per heavy atom. The summed E-state index contributed by atoms with van der Waals surface area (Å²) in [5.41, 5.74) is 11.1. The van der Waals surface area contributed by atoms with Crippen molar-refractivity contribution in [3.8, 4) is 0 Å². The van der Waals surface area contributed by atoms with E-state index in [0.29, 0.717) is 6.54 Å². The summed E-state index contributed by atoms with van der Waals surface area (Å²) in [6.07, 6.45) is 0.938. The van der Waals surface area contributed by atoms with Gasteiger partial charge >= 0.3 is 0 Å². The largest absolute Gasteiger partial charge is 0.382 e. The Balaban J connectivity index is 2.80. The molecule has 1 aromatic rings. The molecule has 20 heavy (non-hydrogen) atoms. The number of quaternary nitrogens is 1. The summed E-state index contributed by atoms with van der Waals surface area (Å²) in [7, 11) is 6.23. The maximum Gasteiger partial charge on any atom is 0.274 e. The number of hydrogen-bond donors (Lipinski definition) is 3. The molecule has 7 nitrogen and oxygen atoms in total. The molecule has 0 unspecified atom stereocenters. The normalized spacial score (nSPS) is 13.1. The Bertz CT molecular complexity index is 499. The molecule has 1 aromatic heterocycles. The van der Waals surface area contributed by atoms with Gasteiger partial charge in [0.15, 0.2) is 22.5 Å². The number of anilines is 2. The van der Waals surface area contributed by atoms with Crippen LogP contribution in [0.25, 0.3) is 0 Å². The Kier molecular flexibility index (Phi) is 5.13. The summed E-state index contributed by atoms with van der Waals surface area (Å²) in [6.45, 7) is 2.59. The monoisotopic (exact) mass is 301 g/mol. The number of likely N-dealkylation sites (N-methyl/N-ethyl adjacent to an activating group) is 1. The second kappa shape index (κ2) is 6.23. The number of halogens is 1. The quantitative estimate of drug-likeness (QED) is 0.687. The van der Waals surface area contributed by atoms with E-state index in [2.05, 4.69) is 43.4 Å². The van der Waals surface area contributed by atoms with Gasteiger partial charge in [0.25, 0.3) is 5.91 Å². The molecule has 0 aliphatic rings. The smallest absolute Gasteiger partial charge is 0.274 e. The lowest BCUT2D eigenvalue weighted by Crippen LogP contribution is -2.50. The Morgan fingerprint density at radius 3 is 2.40 bits per heavy atom. The number of carbonyl (C=O) groups excluding carboxylic acids is 1. The standard InChI is InChI=1S/C12H21ClN6O/c1-5-7(19(2,3)4)6-16-12(20)8-10(14)18-11(15)9(13)17-8/h7H,5-6H2,1-4H3,(H4-,14,15,16,18,20)/p+1/t7-/m0/s1. The zero-order valence-electron chi connectivity index (χ0n) is 12.3. The molecule has 1 amide bonds. The third-order valence-electron chi connectivity index (χ3n) is 3.18. The van der Waals surface area contributed by atoms with Crippen molar-refractivity contribution in [2.75, 3.05) is 39.2 Å². The van der Waals surface area contributed by atoms with Crippen molar-refractivity contribution in [2.24, 2.45) is 0 Å². The van der Waals surface area contributed by atoms with Gasteiger partial charge in [-0.1, -0.05) is 18.5 Å². The molecule has 0 bridgehead atoms. The Labute approximate surface area is 123 Å². The van der Waals surface area contributed by atoms with Crippen molar-refractivity contribution >= 4 is 29.1 Å². The van der Waals surface area contributed by atoms with Crippen molar-refractivity contribution in [1.82, 2.24) is 15.3 Å². The van der Waals surface area contributed by atoms with Crippen molar-refractivity contribution in [3.63, 3.8) is 0 Å². The van der Waals surface area contributed by atoms with E-state index < -0.39 is 5.91 Å². The maximum absolute atomic E-state index is 12.1. The lowest BCUT2D eigenvalue weighted by Gasteiger charge is -2.33. The van der Waals surface area contributed by atoms with Gasteiger partial charge in [0, 0.05) is 0 Å². The topological polar surface area (TPSA) is 107 Å². The lowest BCUT2D eigenvalue weighted by molar-refractivity contribution is -0.894. The molecule has 8 heteroatoms. The molecule has 112 valence electrons. The van der Waals surface area contributed by atoms with Crippen LogP contribution in [0.4, 0.5) is 11.6 Å². The molecule has 0 fully saturated rings. The first kappa shape index (κ1) is 16.5. The summed E-state index contributed by atoms with van der Waals surface area (Å²) >= 11 is 5.76. The van der Waals surface area contributed by atoms with E-state index in [1.165, 1.54) is 0 Å². The van der Waals surface area contributed by atoms with Gasteiger partial charge in [-0.2, -0.15) is 0 Å². The van der Waals surface area contributed by atoms with Crippen molar-refractivity contribution in [3.05, 3.63) is 10.8 Å². The lowest BCUT2D eigenvalue weighted by atomic mass is 10.1. The van der Waals surface area contributed by atoms with E-state index in [-0.39, 0.29) is 28.5 Å². The highest BCUT2D eigenvalue weighted by Gasteiger charge is 2.23. The number of nitrogen functional groups attached to an aromatic ring is 2. The first-order valence-electron chi connectivity index (χ1n) is 6.34. The van der Waals surface area contributed by atoms with Crippen molar-refractivity contribution in [1.29, 1.82) is 0 Å². The maximum atomic E-state index is 12.1. The number of aromatic nitrogens is 2. The van der Waals surface area contributed by atoms with Gasteiger partial charge in [0.1, 0.15) is 6.04 Å². The molecule has 0 aliphatic carbocycles. The molecule has 1 atom stereocenters. The van der Waals surface area contributed by atoms with Crippen LogP contribution in [0.15, 0.2) is 0 Å². The molecule has 0 saturated heterocycles. The van der Waals surface area contributed by atoms with Crippen LogP contribution in [0, 0.1) is 0 Å². The number of rotatable bonds is 5. The second-order valence-corrected chi connectivity index (χ2v) is 5.88. The summed E-state index contributed by atoms with van der Waals surface area (Å²) in [4.78, 5) is 19.7. The van der Waals surface area contributed by atoms with Gasteiger partial charge in [0.2, 0.25) is 0 Å². The third kappa shape index (κ3) is 3.94. The van der Waals surface area contributed by atoms with Gasteiger partial charge < -0.3 is 21.3 Å². The molecule has 0 saturated carbocycles. The highest BCUT2D eigenvalue weighted by molar-refractivity contribution is 6.31. The molecular weight excluding hydrogens is 280 g/mol. The number of nitrogens with zero attached hydrogens (tertiary/aromatic N) is 3. The van der Waals surface area contributed by atoms with Crippen LogP contribution in [0.3, 0.4) is 0 Å². The van der Waals surface area contributed by atoms with Gasteiger partial charge in [-0.3, -0.25) is 4.79 Å². The zero-order valence-corrected chi connectivity index (χ0v) is 13.0.